The molecule has 0 aliphatic carbocycles. The summed E-state index contributed by atoms with van der Waals surface area (Å²) < 4.78 is 17.7. The zero-order chi connectivity index (χ0) is 31.5. The van der Waals surface area contributed by atoms with Crippen LogP contribution in [0.5, 0.6) is 0 Å². The number of aliphatic hydroxyl groups excluding tert-OH is 4. The average molecular weight is 613 g/mol. The molecule has 0 bridgehead atoms. The minimum Gasteiger partial charge on any atom is -0.456 e. The molecule has 1 fully saturated rings. The van der Waals surface area contributed by atoms with Gasteiger partial charge in [0.25, 0.3) is 11.5 Å². The van der Waals surface area contributed by atoms with Crippen molar-refractivity contribution in [2.45, 2.75) is 108 Å². The van der Waals surface area contributed by atoms with E-state index in [1.54, 1.807) is 0 Å². The quantitative estimate of drug-likeness (QED) is 0.104. The van der Waals surface area contributed by atoms with Crippen LogP contribution < -0.4 is 22.3 Å². The van der Waals surface area contributed by atoms with Crippen molar-refractivity contribution in [3.63, 3.8) is 0 Å². The van der Waals surface area contributed by atoms with Crippen molar-refractivity contribution in [3.8, 4) is 0 Å². The number of ether oxygens (including phenoxy) is 3. The Bertz CT molecular complexity index is 1200. The van der Waals surface area contributed by atoms with Crippen LogP contribution in [0.1, 0.15) is 70.9 Å². The predicted octanol–water partition coefficient (Wildman–Crippen LogP) is -1.12. The normalized spacial score (nSPS) is 27.7. The Hall–Kier alpha value is -3.08. The van der Waals surface area contributed by atoms with Crippen molar-refractivity contribution in [1.29, 1.82) is 0 Å². The maximum absolute atomic E-state index is 12.7. The lowest BCUT2D eigenvalue weighted by Crippen LogP contribution is -2.53. The summed E-state index contributed by atoms with van der Waals surface area (Å²) in [6.45, 7) is 1.82. The number of rotatable bonds is 17. The third-order valence-corrected chi connectivity index (χ3v) is 7.63. The van der Waals surface area contributed by atoms with E-state index in [-0.39, 0.29) is 5.76 Å². The molecule has 1 aromatic heterocycles. The Labute approximate surface area is 248 Å². The van der Waals surface area contributed by atoms with Gasteiger partial charge in [-0.2, -0.15) is 0 Å². The van der Waals surface area contributed by atoms with Crippen LogP contribution in [0, 0.1) is 5.92 Å². The molecule has 43 heavy (non-hydrogen) atoms. The van der Waals surface area contributed by atoms with E-state index >= 15 is 0 Å². The van der Waals surface area contributed by atoms with Crippen molar-refractivity contribution >= 4 is 11.8 Å². The number of primary amides is 1. The van der Waals surface area contributed by atoms with Crippen LogP contribution >= 0.6 is 0 Å². The van der Waals surface area contributed by atoms with Gasteiger partial charge in [-0.05, 0) is 12.5 Å². The summed E-state index contributed by atoms with van der Waals surface area (Å²) in [4.78, 5) is 50.9. The Morgan fingerprint density at radius 1 is 1.07 bits per heavy atom. The summed E-state index contributed by atoms with van der Waals surface area (Å²) in [5, 5.41) is 44.3. The number of H-pyrrole nitrogens is 1. The van der Waals surface area contributed by atoms with Crippen LogP contribution in [0.25, 0.3) is 0 Å². The molecule has 0 unspecified atom stereocenters. The molecule has 8 N–H and O–H groups in total. The Kier molecular flexibility index (Phi) is 13.3. The lowest BCUT2D eigenvalue weighted by Gasteiger charge is -2.35. The first-order valence-electron chi connectivity index (χ1n) is 14.8. The molecule has 0 spiro atoms. The van der Waals surface area contributed by atoms with Crippen molar-refractivity contribution in [1.82, 2.24) is 14.9 Å². The summed E-state index contributed by atoms with van der Waals surface area (Å²) in [5.74, 6) is -3.35. The maximum atomic E-state index is 12.7. The number of amides is 2. The highest BCUT2D eigenvalue weighted by atomic mass is 16.7. The third-order valence-electron chi connectivity index (χ3n) is 7.63. The largest absolute Gasteiger partial charge is 0.456 e. The molecule has 15 heteroatoms. The molecular formula is C28H44N4O11. The van der Waals surface area contributed by atoms with E-state index in [2.05, 4.69) is 12.2 Å². The number of hydrogen-bond acceptors (Lipinski definition) is 11. The van der Waals surface area contributed by atoms with Gasteiger partial charge in [0.1, 0.15) is 24.4 Å². The number of nitrogens with one attached hydrogen (secondary N) is 2. The molecule has 1 saturated heterocycles. The van der Waals surface area contributed by atoms with Crippen LogP contribution in [0.4, 0.5) is 0 Å². The van der Waals surface area contributed by atoms with Crippen molar-refractivity contribution in [2.24, 2.45) is 11.7 Å². The smallest absolute Gasteiger partial charge is 0.330 e. The number of unbranched alkanes of at least 4 members (excludes halogenated alkanes) is 8. The number of aromatic nitrogens is 2. The number of aliphatic hydroxyl groups is 4. The molecule has 2 aliphatic heterocycles. The molecule has 2 amide bonds. The highest BCUT2D eigenvalue weighted by Gasteiger charge is 2.51. The molecule has 3 rings (SSSR count). The SMILES string of the molecule is CCCCCCCCCCCNC(=O)C1=C[C@H](O)[C@H](O)[C@@H](O[C@@H](C(N)=O)[C@H]2O[C@@H](n3ccc(=O)[nH]c3=O)[C@H](O)[C@@H]2CO)O1. The van der Waals surface area contributed by atoms with Crippen molar-refractivity contribution in [3.05, 3.63) is 44.9 Å². The summed E-state index contributed by atoms with van der Waals surface area (Å²) in [6, 6.07) is 1.02. The Morgan fingerprint density at radius 2 is 1.72 bits per heavy atom. The van der Waals surface area contributed by atoms with Gasteiger partial charge in [-0.1, -0.05) is 58.3 Å². The molecule has 242 valence electrons. The van der Waals surface area contributed by atoms with Gasteiger partial charge in [0.15, 0.2) is 18.1 Å². The zero-order valence-corrected chi connectivity index (χ0v) is 24.3. The summed E-state index contributed by atoms with van der Waals surface area (Å²) in [7, 11) is 0. The fourth-order valence-electron chi connectivity index (χ4n) is 5.18. The molecular weight excluding hydrogens is 568 g/mol. The maximum Gasteiger partial charge on any atom is 0.330 e. The van der Waals surface area contributed by atoms with Gasteiger partial charge in [-0.3, -0.25) is 23.9 Å². The van der Waals surface area contributed by atoms with Gasteiger partial charge in [0.2, 0.25) is 12.2 Å². The first kappa shape index (κ1) is 34.4. The highest BCUT2D eigenvalue weighted by Crippen LogP contribution is 2.36. The molecule has 1 aromatic rings. The molecule has 2 aliphatic rings. The Balaban J connectivity index is 1.60. The summed E-state index contributed by atoms with van der Waals surface area (Å²) in [6.07, 6.45) is 0.775. The van der Waals surface area contributed by atoms with E-state index in [0.717, 1.165) is 48.6 Å². The number of carbonyl (C=O) groups is 2. The van der Waals surface area contributed by atoms with Crippen LogP contribution in [0.2, 0.25) is 0 Å². The van der Waals surface area contributed by atoms with Crippen LogP contribution in [0.15, 0.2) is 33.7 Å². The first-order chi connectivity index (χ1) is 20.6. The lowest BCUT2D eigenvalue weighted by atomic mass is 9.94. The second-order valence-electron chi connectivity index (χ2n) is 10.9. The number of nitrogens with two attached hydrogens (primary N) is 1. The van der Waals surface area contributed by atoms with E-state index < -0.39 is 78.6 Å². The second-order valence-corrected chi connectivity index (χ2v) is 10.9. The number of hydrogen-bond donors (Lipinski definition) is 7. The monoisotopic (exact) mass is 612 g/mol. The van der Waals surface area contributed by atoms with Gasteiger partial charge in [-0.25, -0.2) is 4.79 Å². The minimum atomic E-state index is -1.77. The molecule has 8 atom stereocenters. The van der Waals surface area contributed by atoms with Crippen LogP contribution in [-0.4, -0.2) is 91.8 Å². The zero-order valence-electron chi connectivity index (χ0n) is 24.3. The number of aromatic amines is 1. The van der Waals surface area contributed by atoms with E-state index in [4.69, 9.17) is 19.9 Å². The highest BCUT2D eigenvalue weighted by molar-refractivity contribution is 5.91. The van der Waals surface area contributed by atoms with Gasteiger partial charge in [-0.15, -0.1) is 0 Å². The molecule has 0 aromatic carbocycles. The van der Waals surface area contributed by atoms with Gasteiger partial charge < -0.3 is 45.7 Å². The van der Waals surface area contributed by atoms with Crippen LogP contribution in [-0.2, 0) is 23.8 Å². The second kappa shape index (κ2) is 16.7. The van der Waals surface area contributed by atoms with E-state index in [0.29, 0.717) is 6.54 Å². The Morgan fingerprint density at radius 3 is 2.33 bits per heavy atom. The fourth-order valence-corrected chi connectivity index (χ4v) is 5.18. The van der Waals surface area contributed by atoms with E-state index in [1.165, 1.54) is 32.1 Å². The van der Waals surface area contributed by atoms with E-state index in [9.17, 15) is 39.6 Å². The van der Waals surface area contributed by atoms with Gasteiger partial charge in [0.05, 0.1) is 6.61 Å². The average Bonchev–Trinajstić information content (AvgIpc) is 3.29. The molecule has 15 nitrogen and oxygen atoms in total. The molecule has 3 heterocycles. The fraction of sp³-hybridized carbons (Fsp3) is 0.714. The van der Waals surface area contributed by atoms with E-state index in [1.807, 2.05) is 4.98 Å². The standard InChI is InChI=1S/C28H44N4O11/c1-2-3-4-5-6-7-8-9-10-12-30-25(39)18-14-17(34)21(37)27(41-18)43-23(24(29)38)22-16(15-33)20(36)26(42-22)32-13-11-19(35)31-28(32)40/h11,13-14,16-17,20-23,26-27,33-34,36-37H,2-10,12,15H2,1H3,(H2,29,38)(H,30,39)(H,31,35,40)/t16-,17-,20+,21-,22-,23+,26+,27+/m0/s1. The van der Waals surface area contributed by atoms with Crippen molar-refractivity contribution < 1.29 is 44.2 Å². The molecule has 0 saturated carbocycles. The topological polar surface area (TPSA) is 236 Å². The molecule has 0 radical (unpaired) electrons. The first-order valence-corrected chi connectivity index (χ1v) is 14.8. The minimum absolute atomic E-state index is 0.342. The lowest BCUT2D eigenvalue weighted by molar-refractivity contribution is -0.239. The van der Waals surface area contributed by atoms with Gasteiger partial charge >= 0.3 is 5.69 Å². The van der Waals surface area contributed by atoms with Crippen molar-refractivity contribution in [2.75, 3.05) is 13.2 Å². The predicted molar refractivity (Wildman–Crippen MR) is 151 cm³/mol. The van der Waals surface area contributed by atoms with Crippen LogP contribution in [0.3, 0.4) is 0 Å². The summed E-state index contributed by atoms with van der Waals surface area (Å²) in [5.41, 5.74) is 3.93. The summed E-state index contributed by atoms with van der Waals surface area (Å²) >= 11 is 0. The van der Waals surface area contributed by atoms with Gasteiger partial charge in [0, 0.05) is 24.7 Å². The number of nitrogens with zero attached hydrogens (tertiary/aromatic N) is 1. The number of carbonyl (C=O) groups excluding carboxylic acids is 2. The third kappa shape index (κ3) is 9.20.